The van der Waals surface area contributed by atoms with Crippen LogP contribution in [0.2, 0.25) is 0 Å². The first-order valence-electron chi connectivity index (χ1n) is 7.75. The molecule has 0 radical (unpaired) electrons. The molecular weight excluding hydrogens is 264 g/mol. The quantitative estimate of drug-likeness (QED) is 0.578. The van der Waals surface area contributed by atoms with Crippen molar-refractivity contribution in [2.45, 2.75) is 45.6 Å². The molecule has 4 nitrogen and oxygen atoms in total. The molecule has 0 aliphatic heterocycles. The van der Waals surface area contributed by atoms with Gasteiger partial charge in [-0.1, -0.05) is 38.1 Å². The molecule has 0 aliphatic carbocycles. The summed E-state index contributed by atoms with van der Waals surface area (Å²) in [5.41, 5.74) is 7.32. The van der Waals surface area contributed by atoms with Crippen molar-refractivity contribution >= 4 is 5.91 Å². The minimum Gasteiger partial charge on any atom is -0.387 e. The Kier molecular flexibility index (Phi) is 8.01. The molecule has 0 aliphatic rings. The molecule has 0 saturated heterocycles. The number of hydrogen-bond acceptors (Lipinski definition) is 3. The van der Waals surface area contributed by atoms with E-state index >= 15 is 0 Å². The number of nitrogens with two attached hydrogens (primary N) is 1. The zero-order valence-corrected chi connectivity index (χ0v) is 13.1. The lowest BCUT2D eigenvalue weighted by atomic mass is 10.0. The Balaban J connectivity index is 2.25. The molecule has 1 rings (SSSR count). The fourth-order valence-electron chi connectivity index (χ4n) is 2.25. The van der Waals surface area contributed by atoms with Gasteiger partial charge in [0, 0.05) is 13.0 Å². The first-order valence-corrected chi connectivity index (χ1v) is 7.75. The summed E-state index contributed by atoms with van der Waals surface area (Å²) in [5.74, 6) is 0.388. The molecule has 1 aromatic rings. The van der Waals surface area contributed by atoms with Gasteiger partial charge in [-0.15, -0.1) is 0 Å². The second-order valence-corrected chi connectivity index (χ2v) is 5.98. The number of carbonyl (C=O) groups excluding carboxylic acids is 1. The van der Waals surface area contributed by atoms with Crippen LogP contribution in [0.5, 0.6) is 0 Å². The highest BCUT2D eigenvalue weighted by Gasteiger charge is 2.07. The summed E-state index contributed by atoms with van der Waals surface area (Å²) >= 11 is 0. The number of rotatable bonds is 10. The third-order valence-corrected chi connectivity index (χ3v) is 3.37. The number of amides is 1. The third-order valence-electron chi connectivity index (χ3n) is 3.37. The SMILES string of the molecule is CC(C)Cc1ccc(C(O)CNCCCCC(N)=O)cc1. The van der Waals surface area contributed by atoms with Gasteiger partial charge in [-0.3, -0.25) is 4.79 Å². The lowest BCUT2D eigenvalue weighted by Crippen LogP contribution is -2.23. The highest BCUT2D eigenvalue weighted by Crippen LogP contribution is 2.15. The van der Waals surface area contributed by atoms with Gasteiger partial charge in [0.05, 0.1) is 6.10 Å². The van der Waals surface area contributed by atoms with Crippen molar-refractivity contribution in [3.8, 4) is 0 Å². The van der Waals surface area contributed by atoms with Gasteiger partial charge in [-0.05, 0) is 42.9 Å². The van der Waals surface area contributed by atoms with E-state index in [1.165, 1.54) is 5.56 Å². The van der Waals surface area contributed by atoms with Gasteiger partial charge in [0.25, 0.3) is 0 Å². The first kappa shape index (κ1) is 17.7. The van der Waals surface area contributed by atoms with Crippen molar-refractivity contribution in [1.82, 2.24) is 5.32 Å². The number of aliphatic hydroxyl groups is 1. The molecule has 4 heteroatoms. The van der Waals surface area contributed by atoms with Crippen LogP contribution in [0.15, 0.2) is 24.3 Å². The smallest absolute Gasteiger partial charge is 0.217 e. The number of unbranched alkanes of at least 4 members (excludes halogenated alkanes) is 1. The minimum absolute atomic E-state index is 0.253. The molecule has 4 N–H and O–H groups in total. The molecule has 1 unspecified atom stereocenters. The van der Waals surface area contributed by atoms with Gasteiger partial charge in [0.2, 0.25) is 5.91 Å². The average Bonchev–Trinajstić information content (AvgIpc) is 2.42. The largest absolute Gasteiger partial charge is 0.387 e. The highest BCUT2D eigenvalue weighted by molar-refractivity contribution is 5.73. The van der Waals surface area contributed by atoms with Gasteiger partial charge < -0.3 is 16.2 Å². The maximum absolute atomic E-state index is 10.6. The molecule has 1 aromatic carbocycles. The van der Waals surface area contributed by atoms with Crippen molar-refractivity contribution in [2.75, 3.05) is 13.1 Å². The predicted octanol–water partition coefficient (Wildman–Crippen LogP) is 2.16. The number of carbonyl (C=O) groups is 1. The molecule has 0 fully saturated rings. The summed E-state index contributed by atoms with van der Waals surface area (Å²) in [4.78, 5) is 10.6. The topological polar surface area (TPSA) is 75.3 Å². The van der Waals surface area contributed by atoms with Crippen molar-refractivity contribution in [1.29, 1.82) is 0 Å². The molecule has 0 saturated carbocycles. The summed E-state index contributed by atoms with van der Waals surface area (Å²) in [6.07, 6.45) is 2.69. The maximum atomic E-state index is 10.6. The van der Waals surface area contributed by atoms with E-state index in [0.717, 1.165) is 31.4 Å². The summed E-state index contributed by atoms with van der Waals surface area (Å²) < 4.78 is 0. The molecule has 0 aromatic heterocycles. The molecule has 1 amide bonds. The average molecular weight is 292 g/mol. The van der Waals surface area contributed by atoms with Crippen LogP contribution >= 0.6 is 0 Å². The fraction of sp³-hybridized carbons (Fsp3) is 0.588. The van der Waals surface area contributed by atoms with E-state index in [2.05, 4.69) is 31.3 Å². The molecule has 118 valence electrons. The van der Waals surface area contributed by atoms with E-state index in [1.54, 1.807) is 0 Å². The number of nitrogens with one attached hydrogen (secondary N) is 1. The normalized spacial score (nSPS) is 12.6. The van der Waals surface area contributed by atoms with Crippen molar-refractivity contribution in [3.63, 3.8) is 0 Å². The summed E-state index contributed by atoms with van der Waals surface area (Å²) in [7, 11) is 0. The standard InChI is InChI=1S/C17H28N2O2/c1-13(2)11-14-6-8-15(9-7-14)16(20)12-19-10-4-3-5-17(18)21/h6-9,13,16,19-20H,3-5,10-12H2,1-2H3,(H2,18,21). The number of primary amides is 1. The van der Waals surface area contributed by atoms with Crippen LogP contribution in [0.25, 0.3) is 0 Å². The summed E-state index contributed by atoms with van der Waals surface area (Å²) in [5, 5.41) is 13.3. The van der Waals surface area contributed by atoms with E-state index in [-0.39, 0.29) is 5.91 Å². The van der Waals surface area contributed by atoms with Gasteiger partial charge in [-0.2, -0.15) is 0 Å². The Labute approximate surface area is 127 Å². The molecular formula is C17H28N2O2. The molecule has 0 bridgehead atoms. The number of hydrogen-bond donors (Lipinski definition) is 3. The first-order chi connectivity index (χ1) is 9.99. The Morgan fingerprint density at radius 2 is 1.90 bits per heavy atom. The van der Waals surface area contributed by atoms with E-state index in [4.69, 9.17) is 5.73 Å². The van der Waals surface area contributed by atoms with Crippen LogP contribution in [-0.4, -0.2) is 24.1 Å². The Hall–Kier alpha value is -1.39. The van der Waals surface area contributed by atoms with Crippen LogP contribution in [0.3, 0.4) is 0 Å². The van der Waals surface area contributed by atoms with Crippen LogP contribution in [0.4, 0.5) is 0 Å². The maximum Gasteiger partial charge on any atom is 0.217 e. The summed E-state index contributed by atoms with van der Waals surface area (Å²) in [6.45, 7) is 5.71. The lowest BCUT2D eigenvalue weighted by molar-refractivity contribution is -0.118. The van der Waals surface area contributed by atoms with Gasteiger partial charge in [0.1, 0.15) is 0 Å². The Morgan fingerprint density at radius 1 is 1.24 bits per heavy atom. The van der Waals surface area contributed by atoms with Gasteiger partial charge >= 0.3 is 0 Å². The van der Waals surface area contributed by atoms with E-state index in [9.17, 15) is 9.90 Å². The van der Waals surface area contributed by atoms with Gasteiger partial charge in [-0.25, -0.2) is 0 Å². The van der Waals surface area contributed by atoms with E-state index < -0.39 is 6.10 Å². The highest BCUT2D eigenvalue weighted by atomic mass is 16.3. The summed E-state index contributed by atoms with van der Waals surface area (Å²) in [6, 6.07) is 8.17. The minimum atomic E-state index is -0.491. The zero-order chi connectivity index (χ0) is 15.7. The van der Waals surface area contributed by atoms with E-state index in [0.29, 0.717) is 18.9 Å². The van der Waals surface area contributed by atoms with Crippen molar-refractivity contribution in [2.24, 2.45) is 11.7 Å². The molecule has 21 heavy (non-hydrogen) atoms. The number of benzene rings is 1. The van der Waals surface area contributed by atoms with E-state index in [1.807, 2.05) is 12.1 Å². The van der Waals surface area contributed by atoms with Crippen molar-refractivity contribution < 1.29 is 9.90 Å². The predicted molar refractivity (Wildman–Crippen MR) is 85.9 cm³/mol. The Bertz CT molecular complexity index is 415. The monoisotopic (exact) mass is 292 g/mol. The zero-order valence-electron chi connectivity index (χ0n) is 13.1. The van der Waals surface area contributed by atoms with Gasteiger partial charge in [0.15, 0.2) is 0 Å². The second kappa shape index (κ2) is 9.53. The molecule has 0 heterocycles. The van der Waals surface area contributed by atoms with Crippen LogP contribution in [-0.2, 0) is 11.2 Å². The van der Waals surface area contributed by atoms with Crippen LogP contribution < -0.4 is 11.1 Å². The van der Waals surface area contributed by atoms with Crippen LogP contribution in [0.1, 0.15) is 50.3 Å². The second-order valence-electron chi connectivity index (χ2n) is 5.98. The van der Waals surface area contributed by atoms with Crippen molar-refractivity contribution in [3.05, 3.63) is 35.4 Å². The Morgan fingerprint density at radius 3 is 2.48 bits per heavy atom. The fourth-order valence-corrected chi connectivity index (χ4v) is 2.25. The van der Waals surface area contributed by atoms with Crippen LogP contribution in [0, 0.1) is 5.92 Å². The molecule has 1 atom stereocenters. The molecule has 0 spiro atoms. The lowest BCUT2D eigenvalue weighted by Gasteiger charge is -2.13. The number of aliphatic hydroxyl groups excluding tert-OH is 1. The third kappa shape index (κ3) is 7.83.